The molecule has 4 rings (SSSR count). The van der Waals surface area contributed by atoms with Crippen molar-refractivity contribution in [3.63, 3.8) is 0 Å². The van der Waals surface area contributed by atoms with E-state index in [9.17, 15) is 14.7 Å². The van der Waals surface area contributed by atoms with Gasteiger partial charge in [-0.15, -0.1) is 0 Å². The summed E-state index contributed by atoms with van der Waals surface area (Å²) < 4.78 is 11.5. The first-order valence-electron chi connectivity index (χ1n) is 11.8. The fourth-order valence-corrected chi connectivity index (χ4v) is 4.36. The number of likely N-dealkylation sites (tertiary alicyclic amines) is 1. The first kappa shape index (κ1) is 23.7. The number of anilines is 1. The van der Waals surface area contributed by atoms with Crippen LogP contribution in [-0.2, 0) is 9.59 Å². The van der Waals surface area contributed by atoms with Crippen molar-refractivity contribution in [3.05, 3.63) is 59.2 Å². The van der Waals surface area contributed by atoms with Crippen molar-refractivity contribution in [1.82, 2.24) is 4.90 Å². The third-order valence-corrected chi connectivity index (χ3v) is 6.11. The molecule has 1 N–H and O–H groups in total. The number of Topliss-reactive ketones (excluding diaryl/α,β-unsaturated/α-hetero) is 1. The Hall–Kier alpha value is -3.48. The molecule has 7 heteroatoms. The van der Waals surface area contributed by atoms with E-state index in [4.69, 9.17) is 9.47 Å². The predicted octanol–water partition coefficient (Wildman–Crippen LogP) is 4.38. The van der Waals surface area contributed by atoms with Gasteiger partial charge in [0.1, 0.15) is 23.9 Å². The summed E-state index contributed by atoms with van der Waals surface area (Å²) in [6.45, 7) is 8.45. The molecule has 2 aliphatic heterocycles. The van der Waals surface area contributed by atoms with Crippen molar-refractivity contribution in [2.24, 2.45) is 5.92 Å². The number of likely N-dealkylation sites (N-methyl/N-ethyl adjacent to an activating group) is 1. The topological polar surface area (TPSA) is 79.3 Å². The van der Waals surface area contributed by atoms with E-state index in [0.29, 0.717) is 37.7 Å². The van der Waals surface area contributed by atoms with Crippen LogP contribution in [0.25, 0.3) is 5.76 Å². The van der Waals surface area contributed by atoms with Crippen molar-refractivity contribution in [1.29, 1.82) is 0 Å². The number of aliphatic hydroxyl groups is 1. The fraction of sp³-hybridized carbons (Fsp3) is 0.407. The van der Waals surface area contributed by atoms with Crippen molar-refractivity contribution < 1.29 is 24.2 Å². The van der Waals surface area contributed by atoms with Crippen molar-refractivity contribution in [3.8, 4) is 11.5 Å². The fourth-order valence-electron chi connectivity index (χ4n) is 4.36. The summed E-state index contributed by atoms with van der Waals surface area (Å²) in [5.74, 6) is 0.416. The van der Waals surface area contributed by atoms with Crippen LogP contribution in [0.1, 0.15) is 44.4 Å². The smallest absolute Gasteiger partial charge is 0.295 e. The molecule has 2 aromatic rings. The van der Waals surface area contributed by atoms with E-state index in [1.165, 1.54) is 0 Å². The summed E-state index contributed by atoms with van der Waals surface area (Å²) in [4.78, 5) is 29.6. The summed E-state index contributed by atoms with van der Waals surface area (Å²) in [6.07, 6.45) is 0.695. The van der Waals surface area contributed by atoms with E-state index < -0.39 is 17.7 Å². The number of fused-ring (bicyclic) bond motifs is 1. The Balaban J connectivity index is 1.76. The summed E-state index contributed by atoms with van der Waals surface area (Å²) in [5.41, 5.74) is 2.17. The van der Waals surface area contributed by atoms with E-state index in [0.717, 1.165) is 29.3 Å². The molecule has 1 atom stereocenters. The quantitative estimate of drug-likeness (QED) is 0.372. The highest BCUT2D eigenvalue weighted by Crippen LogP contribution is 2.41. The van der Waals surface area contributed by atoms with Gasteiger partial charge in [-0.3, -0.25) is 9.59 Å². The molecule has 0 radical (unpaired) electrons. The van der Waals surface area contributed by atoms with Crippen molar-refractivity contribution >= 4 is 23.1 Å². The average Bonchev–Trinajstić information content (AvgIpc) is 3.08. The Bertz CT molecular complexity index is 1110. The van der Waals surface area contributed by atoms with Gasteiger partial charge >= 0.3 is 0 Å². The van der Waals surface area contributed by atoms with Crippen LogP contribution in [0.15, 0.2) is 48.0 Å². The Morgan fingerprint density at radius 2 is 1.91 bits per heavy atom. The second-order valence-corrected chi connectivity index (χ2v) is 9.22. The minimum atomic E-state index is -0.668. The molecule has 1 amide bonds. The van der Waals surface area contributed by atoms with Crippen LogP contribution in [-0.4, -0.2) is 55.0 Å². The third kappa shape index (κ3) is 4.47. The van der Waals surface area contributed by atoms with Gasteiger partial charge in [-0.2, -0.15) is 0 Å². The summed E-state index contributed by atoms with van der Waals surface area (Å²) >= 11 is 0. The lowest BCUT2D eigenvalue weighted by Crippen LogP contribution is -2.30. The number of ether oxygens (including phenoxy) is 2. The molecule has 0 spiro atoms. The lowest BCUT2D eigenvalue weighted by atomic mass is 9.95. The number of aliphatic hydroxyl groups excluding tert-OH is 1. The van der Waals surface area contributed by atoms with E-state index in [-0.39, 0.29) is 11.3 Å². The van der Waals surface area contributed by atoms with Gasteiger partial charge in [0.25, 0.3) is 11.7 Å². The van der Waals surface area contributed by atoms with Crippen molar-refractivity contribution in [2.75, 3.05) is 38.3 Å². The van der Waals surface area contributed by atoms with Gasteiger partial charge in [0.2, 0.25) is 0 Å². The molecule has 7 nitrogen and oxygen atoms in total. The normalized spacial score (nSPS) is 19.4. The number of carbonyl (C=O) groups is 2. The van der Waals surface area contributed by atoms with Crippen LogP contribution in [0.2, 0.25) is 0 Å². The monoisotopic (exact) mass is 464 g/mol. The molecular weight excluding hydrogens is 432 g/mol. The zero-order valence-corrected chi connectivity index (χ0v) is 20.2. The van der Waals surface area contributed by atoms with E-state index in [1.54, 1.807) is 23.1 Å². The maximum Gasteiger partial charge on any atom is 0.295 e. The molecule has 0 saturated carbocycles. The van der Waals surface area contributed by atoms with Gasteiger partial charge in [-0.05, 0) is 48.2 Å². The van der Waals surface area contributed by atoms with Crippen LogP contribution < -0.4 is 14.4 Å². The van der Waals surface area contributed by atoms with Crippen LogP contribution >= 0.6 is 0 Å². The van der Waals surface area contributed by atoms with Crippen LogP contribution in [0.5, 0.6) is 11.5 Å². The molecule has 0 aromatic heterocycles. The largest absolute Gasteiger partial charge is 0.507 e. The number of nitrogens with zero attached hydrogens (tertiary/aromatic N) is 2. The number of benzene rings is 2. The van der Waals surface area contributed by atoms with Gasteiger partial charge in [0, 0.05) is 19.2 Å². The van der Waals surface area contributed by atoms with Gasteiger partial charge in [-0.25, -0.2) is 0 Å². The van der Waals surface area contributed by atoms with E-state index in [1.807, 2.05) is 43.1 Å². The Kier molecular flexibility index (Phi) is 6.82. The average molecular weight is 465 g/mol. The molecule has 1 saturated heterocycles. The minimum Gasteiger partial charge on any atom is -0.507 e. The van der Waals surface area contributed by atoms with Crippen molar-refractivity contribution in [2.45, 2.75) is 33.2 Å². The number of rotatable bonds is 7. The standard InChI is InChI=1S/C27H32N2O5/c1-5-12-29-24(18-6-9-20(10-7-18)34-16-17(2)3)23(26(31)27(29)32)25(30)19-8-11-22-21(15-19)28(4)13-14-33-22/h6-11,15,17,24,30H,5,12-14,16H2,1-4H3/b25-23-. The second kappa shape index (κ2) is 9.79. The van der Waals surface area contributed by atoms with Gasteiger partial charge in [0.15, 0.2) is 0 Å². The zero-order valence-electron chi connectivity index (χ0n) is 20.2. The molecule has 2 aliphatic rings. The molecule has 2 aromatic carbocycles. The third-order valence-electron chi connectivity index (χ3n) is 6.11. The molecule has 0 aliphatic carbocycles. The predicted molar refractivity (Wildman–Crippen MR) is 131 cm³/mol. The SMILES string of the molecule is CCCN1C(=O)C(=O)/C(=C(\O)c2ccc3c(c2)N(C)CCO3)C1c1ccc(OCC(C)C)cc1. The van der Waals surface area contributed by atoms with Crippen LogP contribution in [0.3, 0.4) is 0 Å². The van der Waals surface area contributed by atoms with E-state index in [2.05, 4.69) is 13.8 Å². The molecule has 180 valence electrons. The number of amides is 1. The second-order valence-electron chi connectivity index (χ2n) is 9.22. The molecular formula is C27H32N2O5. The van der Waals surface area contributed by atoms with Gasteiger partial charge in [-0.1, -0.05) is 32.9 Å². The first-order valence-corrected chi connectivity index (χ1v) is 11.8. The summed E-state index contributed by atoms with van der Waals surface area (Å²) in [7, 11) is 1.95. The lowest BCUT2D eigenvalue weighted by Gasteiger charge is -2.28. The maximum absolute atomic E-state index is 13.1. The number of hydrogen-bond acceptors (Lipinski definition) is 6. The summed E-state index contributed by atoms with van der Waals surface area (Å²) in [6, 6.07) is 12.1. The first-order chi connectivity index (χ1) is 16.3. The number of hydrogen-bond donors (Lipinski definition) is 1. The zero-order chi connectivity index (χ0) is 24.4. The molecule has 0 bridgehead atoms. The van der Waals surface area contributed by atoms with E-state index >= 15 is 0 Å². The lowest BCUT2D eigenvalue weighted by molar-refractivity contribution is -0.139. The van der Waals surface area contributed by atoms with Gasteiger partial charge in [0.05, 0.1) is 30.5 Å². The minimum absolute atomic E-state index is 0.105. The van der Waals surface area contributed by atoms with Crippen LogP contribution in [0, 0.1) is 5.92 Å². The maximum atomic E-state index is 13.1. The molecule has 1 fully saturated rings. The highest BCUT2D eigenvalue weighted by molar-refractivity contribution is 6.46. The Labute approximate surface area is 200 Å². The molecule has 34 heavy (non-hydrogen) atoms. The highest BCUT2D eigenvalue weighted by atomic mass is 16.5. The van der Waals surface area contributed by atoms with Crippen LogP contribution in [0.4, 0.5) is 5.69 Å². The number of carbonyl (C=O) groups excluding carboxylic acids is 2. The Morgan fingerprint density at radius 1 is 1.18 bits per heavy atom. The summed E-state index contributed by atoms with van der Waals surface area (Å²) in [5, 5.41) is 11.3. The highest BCUT2D eigenvalue weighted by Gasteiger charge is 2.45. The molecule has 2 heterocycles. The van der Waals surface area contributed by atoms with Gasteiger partial charge < -0.3 is 24.4 Å². The Morgan fingerprint density at radius 3 is 2.59 bits per heavy atom. The molecule has 1 unspecified atom stereocenters. The number of ketones is 1.